The fraction of sp³-hybridized carbons (Fsp3) is 0.632. The molecule has 25 heavy (non-hydrogen) atoms. The molecule has 3 rings (SSSR count). The molecule has 1 aromatic carbocycles. The summed E-state index contributed by atoms with van der Waals surface area (Å²) in [5.74, 6) is 0.507. The molecule has 1 N–H and O–H groups in total. The second-order valence-electron chi connectivity index (χ2n) is 7.20. The van der Waals surface area contributed by atoms with E-state index in [1.807, 2.05) is 12.1 Å². The predicted molar refractivity (Wildman–Crippen MR) is 97.8 cm³/mol. The Morgan fingerprint density at radius 3 is 2.16 bits per heavy atom. The minimum atomic E-state index is -3.46. The van der Waals surface area contributed by atoms with E-state index in [2.05, 4.69) is 5.32 Å². The lowest BCUT2D eigenvalue weighted by molar-refractivity contribution is -0.125. The number of piperidine rings is 1. The van der Waals surface area contributed by atoms with Crippen LogP contribution >= 0.6 is 0 Å². The minimum absolute atomic E-state index is 0.00822. The van der Waals surface area contributed by atoms with Gasteiger partial charge in [-0.3, -0.25) is 4.79 Å². The van der Waals surface area contributed by atoms with Crippen molar-refractivity contribution < 1.29 is 13.2 Å². The van der Waals surface area contributed by atoms with E-state index in [0.29, 0.717) is 36.7 Å². The van der Waals surface area contributed by atoms with E-state index >= 15 is 0 Å². The summed E-state index contributed by atoms with van der Waals surface area (Å²) in [6.07, 6.45) is 7.43. The quantitative estimate of drug-likeness (QED) is 0.893. The number of benzene rings is 1. The lowest BCUT2D eigenvalue weighted by atomic mass is 9.84. The van der Waals surface area contributed by atoms with Gasteiger partial charge in [-0.15, -0.1) is 0 Å². The molecule has 6 heteroatoms. The number of hydrogen-bond donors (Lipinski definition) is 1. The maximum Gasteiger partial charge on any atom is 0.243 e. The third kappa shape index (κ3) is 4.06. The Bertz CT molecular complexity index is 686. The average molecular weight is 365 g/mol. The van der Waals surface area contributed by atoms with Crippen molar-refractivity contribution >= 4 is 15.9 Å². The summed E-state index contributed by atoms with van der Waals surface area (Å²) >= 11 is 0. The van der Waals surface area contributed by atoms with Gasteiger partial charge in [-0.1, -0.05) is 31.4 Å². The maximum absolute atomic E-state index is 12.8. The lowest BCUT2D eigenvalue weighted by Crippen LogP contribution is -2.42. The highest BCUT2D eigenvalue weighted by atomic mass is 32.2. The van der Waals surface area contributed by atoms with Crippen molar-refractivity contribution in [3.63, 3.8) is 0 Å². The van der Waals surface area contributed by atoms with E-state index in [1.165, 1.54) is 42.0 Å². The molecule has 0 aromatic heterocycles. The Morgan fingerprint density at radius 1 is 1.00 bits per heavy atom. The summed E-state index contributed by atoms with van der Waals surface area (Å²) in [5, 5.41) is 2.65. The third-order valence-corrected chi connectivity index (χ3v) is 7.58. The molecule has 0 spiro atoms. The van der Waals surface area contributed by atoms with Crippen LogP contribution in [0.25, 0.3) is 0 Å². The highest BCUT2D eigenvalue weighted by Gasteiger charge is 2.31. The van der Waals surface area contributed by atoms with Crippen molar-refractivity contribution in [3.8, 4) is 0 Å². The first-order chi connectivity index (χ1) is 12.0. The van der Waals surface area contributed by atoms with Crippen molar-refractivity contribution in [3.05, 3.63) is 29.8 Å². The molecule has 138 valence electrons. The lowest BCUT2D eigenvalue weighted by Gasteiger charge is -2.30. The number of rotatable bonds is 4. The first kappa shape index (κ1) is 18.4. The average Bonchev–Trinajstić information content (AvgIpc) is 2.68. The largest absolute Gasteiger partial charge is 0.359 e. The van der Waals surface area contributed by atoms with Gasteiger partial charge in [-0.25, -0.2) is 8.42 Å². The van der Waals surface area contributed by atoms with Crippen molar-refractivity contribution in [2.45, 2.75) is 55.8 Å². The first-order valence-electron chi connectivity index (χ1n) is 9.34. The molecule has 0 atom stereocenters. The molecule has 1 amide bonds. The minimum Gasteiger partial charge on any atom is -0.359 e. The number of carbonyl (C=O) groups is 1. The zero-order valence-corrected chi connectivity index (χ0v) is 15.7. The van der Waals surface area contributed by atoms with Crippen LogP contribution in [-0.4, -0.2) is 38.8 Å². The van der Waals surface area contributed by atoms with Gasteiger partial charge < -0.3 is 5.32 Å². The van der Waals surface area contributed by atoms with E-state index in [1.54, 1.807) is 19.2 Å². The Kier molecular flexibility index (Phi) is 5.79. The van der Waals surface area contributed by atoms with Crippen LogP contribution in [-0.2, 0) is 14.8 Å². The van der Waals surface area contributed by atoms with E-state index in [9.17, 15) is 13.2 Å². The monoisotopic (exact) mass is 364 g/mol. The van der Waals surface area contributed by atoms with Crippen molar-refractivity contribution in [1.82, 2.24) is 9.62 Å². The smallest absolute Gasteiger partial charge is 0.243 e. The van der Waals surface area contributed by atoms with Gasteiger partial charge in [0.25, 0.3) is 0 Å². The van der Waals surface area contributed by atoms with Gasteiger partial charge in [-0.05, 0) is 49.3 Å². The first-order valence-corrected chi connectivity index (χ1v) is 10.8. The van der Waals surface area contributed by atoms with Crippen LogP contribution in [0.4, 0.5) is 0 Å². The Labute approximate surface area is 150 Å². The molecule has 0 bridgehead atoms. The summed E-state index contributed by atoms with van der Waals surface area (Å²) in [5.41, 5.74) is 1.26. The van der Waals surface area contributed by atoms with Gasteiger partial charge in [-0.2, -0.15) is 4.31 Å². The molecule has 1 aliphatic heterocycles. The molecule has 2 aliphatic rings. The predicted octanol–water partition coefficient (Wildman–Crippen LogP) is 2.88. The van der Waals surface area contributed by atoms with E-state index in [-0.39, 0.29) is 11.8 Å². The van der Waals surface area contributed by atoms with Gasteiger partial charge in [0.15, 0.2) is 0 Å². The van der Waals surface area contributed by atoms with Gasteiger partial charge in [0.05, 0.1) is 4.90 Å². The van der Waals surface area contributed by atoms with Gasteiger partial charge in [0, 0.05) is 26.1 Å². The van der Waals surface area contributed by atoms with Crippen LogP contribution in [0.3, 0.4) is 0 Å². The van der Waals surface area contributed by atoms with E-state index < -0.39 is 10.0 Å². The topological polar surface area (TPSA) is 66.5 Å². The zero-order valence-electron chi connectivity index (χ0n) is 14.9. The van der Waals surface area contributed by atoms with Gasteiger partial charge >= 0.3 is 0 Å². The second kappa shape index (κ2) is 7.87. The number of nitrogens with zero attached hydrogens (tertiary/aromatic N) is 1. The molecule has 5 nitrogen and oxygen atoms in total. The van der Waals surface area contributed by atoms with Gasteiger partial charge in [0.2, 0.25) is 15.9 Å². The molecular weight excluding hydrogens is 336 g/mol. The fourth-order valence-corrected chi connectivity index (χ4v) is 5.53. The SMILES string of the molecule is CNC(=O)C1CCN(S(=O)(=O)c2ccc(C3CCCCC3)cc2)CC1. The molecule has 1 aliphatic carbocycles. The Hall–Kier alpha value is -1.40. The van der Waals surface area contributed by atoms with Crippen molar-refractivity contribution in [2.75, 3.05) is 20.1 Å². The van der Waals surface area contributed by atoms with Crippen LogP contribution in [0.2, 0.25) is 0 Å². The van der Waals surface area contributed by atoms with Gasteiger partial charge in [0.1, 0.15) is 0 Å². The van der Waals surface area contributed by atoms with E-state index in [4.69, 9.17) is 0 Å². The molecule has 1 saturated heterocycles. The Balaban J connectivity index is 1.67. The summed E-state index contributed by atoms with van der Waals surface area (Å²) in [6, 6.07) is 7.48. The molecule has 1 aromatic rings. The van der Waals surface area contributed by atoms with Crippen molar-refractivity contribution in [1.29, 1.82) is 0 Å². The number of hydrogen-bond acceptors (Lipinski definition) is 3. The second-order valence-corrected chi connectivity index (χ2v) is 9.13. The fourth-order valence-electron chi connectivity index (χ4n) is 4.06. The summed E-state index contributed by atoms with van der Waals surface area (Å²) in [4.78, 5) is 12.1. The molecular formula is C19H28N2O3S. The normalized spacial score (nSPS) is 21.2. The summed E-state index contributed by atoms with van der Waals surface area (Å²) in [7, 11) is -1.84. The molecule has 0 radical (unpaired) electrons. The summed E-state index contributed by atoms with van der Waals surface area (Å²) < 4.78 is 27.2. The molecule has 2 fully saturated rings. The molecule has 1 heterocycles. The van der Waals surface area contributed by atoms with Crippen LogP contribution in [0.15, 0.2) is 29.2 Å². The van der Waals surface area contributed by atoms with E-state index in [0.717, 1.165) is 0 Å². The third-order valence-electron chi connectivity index (χ3n) is 5.67. The van der Waals surface area contributed by atoms with Crippen LogP contribution in [0.1, 0.15) is 56.4 Å². The number of amides is 1. The number of nitrogens with one attached hydrogen (secondary N) is 1. The number of sulfonamides is 1. The molecule has 0 unspecified atom stereocenters. The van der Waals surface area contributed by atoms with Crippen LogP contribution < -0.4 is 5.32 Å². The number of carbonyl (C=O) groups excluding carboxylic acids is 1. The zero-order chi connectivity index (χ0) is 17.9. The van der Waals surface area contributed by atoms with Crippen molar-refractivity contribution in [2.24, 2.45) is 5.92 Å². The maximum atomic E-state index is 12.8. The Morgan fingerprint density at radius 2 is 1.60 bits per heavy atom. The molecule has 1 saturated carbocycles. The van der Waals surface area contributed by atoms with Crippen LogP contribution in [0.5, 0.6) is 0 Å². The summed E-state index contributed by atoms with van der Waals surface area (Å²) in [6.45, 7) is 0.815. The highest BCUT2D eigenvalue weighted by Crippen LogP contribution is 2.33. The highest BCUT2D eigenvalue weighted by molar-refractivity contribution is 7.89. The standard InChI is InChI=1S/C19H28N2O3S/c1-20-19(22)17-11-13-21(14-12-17)25(23,24)18-9-7-16(8-10-18)15-5-3-2-4-6-15/h7-10,15,17H,2-6,11-14H2,1H3,(H,20,22). The van der Waals surface area contributed by atoms with Crippen LogP contribution in [0, 0.1) is 5.92 Å².